The second-order valence-electron chi connectivity index (χ2n) is 4.80. The summed E-state index contributed by atoms with van der Waals surface area (Å²) in [5.41, 5.74) is 7.14. The molecule has 1 aromatic carbocycles. The van der Waals surface area contributed by atoms with E-state index in [-0.39, 0.29) is 17.2 Å². The van der Waals surface area contributed by atoms with Gasteiger partial charge >= 0.3 is 0 Å². The Kier molecular flexibility index (Phi) is 5.51. The molecule has 0 bridgehead atoms. The number of aliphatic imine (C=N–C) groups is 2. The molecule has 0 fully saturated rings. The molecule has 0 unspecified atom stereocenters. The van der Waals surface area contributed by atoms with E-state index in [0.717, 1.165) is 5.56 Å². The molecule has 0 aliphatic carbocycles. The first kappa shape index (κ1) is 17.0. The number of amides is 1. The van der Waals surface area contributed by atoms with Crippen LogP contribution in [0.3, 0.4) is 0 Å². The van der Waals surface area contributed by atoms with Crippen LogP contribution in [-0.2, 0) is 4.79 Å². The van der Waals surface area contributed by atoms with Crippen molar-refractivity contribution in [3.63, 3.8) is 0 Å². The number of nitrogens with zero attached hydrogens (tertiary/aromatic N) is 3. The maximum Gasteiger partial charge on any atom is 0.278 e. The average molecular weight is 325 g/mol. The summed E-state index contributed by atoms with van der Waals surface area (Å²) in [5.74, 6) is -1.22. The van der Waals surface area contributed by atoms with Crippen LogP contribution in [0.4, 0.5) is 10.1 Å². The summed E-state index contributed by atoms with van der Waals surface area (Å²) in [6.07, 6.45) is 3.24. The highest BCUT2D eigenvalue weighted by atomic mass is 19.1. The third kappa shape index (κ3) is 4.33. The summed E-state index contributed by atoms with van der Waals surface area (Å²) >= 11 is 0. The van der Waals surface area contributed by atoms with Crippen LogP contribution in [0.1, 0.15) is 12.5 Å². The molecular formula is C17H16FN5O. The van der Waals surface area contributed by atoms with Crippen molar-refractivity contribution in [1.82, 2.24) is 4.98 Å². The van der Waals surface area contributed by atoms with Crippen molar-refractivity contribution in [3.8, 4) is 0 Å². The molecule has 0 aliphatic rings. The highest BCUT2D eigenvalue weighted by Gasteiger charge is 2.14. The zero-order valence-electron chi connectivity index (χ0n) is 13.0. The van der Waals surface area contributed by atoms with E-state index in [9.17, 15) is 9.18 Å². The molecule has 2 rings (SSSR count). The quantitative estimate of drug-likeness (QED) is 0.653. The molecule has 7 heteroatoms. The van der Waals surface area contributed by atoms with Gasteiger partial charge in [-0.2, -0.15) is 0 Å². The lowest BCUT2D eigenvalue weighted by molar-refractivity contribution is -0.112. The largest absolute Gasteiger partial charge is 0.382 e. The Morgan fingerprint density at radius 3 is 2.75 bits per heavy atom. The minimum atomic E-state index is -0.617. The van der Waals surface area contributed by atoms with Gasteiger partial charge in [0.05, 0.1) is 0 Å². The molecule has 2 aromatic rings. The third-order valence-corrected chi connectivity index (χ3v) is 3.07. The lowest BCUT2D eigenvalue weighted by Gasteiger charge is -2.08. The van der Waals surface area contributed by atoms with Crippen molar-refractivity contribution >= 4 is 24.0 Å². The zero-order chi connectivity index (χ0) is 17.5. The van der Waals surface area contributed by atoms with E-state index in [0.29, 0.717) is 5.71 Å². The molecule has 1 amide bonds. The predicted molar refractivity (Wildman–Crippen MR) is 92.2 cm³/mol. The average Bonchev–Trinajstić information content (AvgIpc) is 2.59. The first-order chi connectivity index (χ1) is 11.5. The number of anilines is 1. The molecule has 0 spiro atoms. The Morgan fingerprint density at radius 1 is 1.33 bits per heavy atom. The second kappa shape index (κ2) is 7.77. The fourth-order valence-electron chi connectivity index (χ4n) is 1.86. The van der Waals surface area contributed by atoms with Gasteiger partial charge in [0.15, 0.2) is 11.5 Å². The van der Waals surface area contributed by atoms with Crippen LogP contribution in [0, 0.1) is 5.82 Å². The van der Waals surface area contributed by atoms with Crippen LogP contribution in [0.2, 0.25) is 0 Å². The van der Waals surface area contributed by atoms with Crippen molar-refractivity contribution in [3.05, 3.63) is 71.7 Å². The minimum Gasteiger partial charge on any atom is -0.382 e. The van der Waals surface area contributed by atoms with Crippen LogP contribution < -0.4 is 11.1 Å². The van der Waals surface area contributed by atoms with E-state index in [2.05, 4.69) is 27.0 Å². The van der Waals surface area contributed by atoms with E-state index in [1.165, 1.54) is 18.2 Å². The van der Waals surface area contributed by atoms with E-state index in [1.807, 2.05) is 0 Å². The smallest absolute Gasteiger partial charge is 0.278 e. The Bertz CT molecular complexity index is 815. The first-order valence-electron chi connectivity index (χ1n) is 7.00. The summed E-state index contributed by atoms with van der Waals surface area (Å²) in [4.78, 5) is 24.2. The number of nitrogens with two attached hydrogens (primary N) is 1. The Labute approximate surface area is 138 Å². The zero-order valence-corrected chi connectivity index (χ0v) is 13.0. The second-order valence-corrected chi connectivity index (χ2v) is 4.80. The van der Waals surface area contributed by atoms with Crippen LogP contribution >= 0.6 is 0 Å². The molecule has 0 saturated heterocycles. The minimum absolute atomic E-state index is 0.115. The van der Waals surface area contributed by atoms with Crippen LogP contribution in [-0.4, -0.2) is 23.3 Å². The molecule has 1 heterocycles. The van der Waals surface area contributed by atoms with Crippen LogP contribution in [0.5, 0.6) is 0 Å². The number of rotatable bonds is 5. The van der Waals surface area contributed by atoms with Gasteiger partial charge in [0, 0.05) is 29.4 Å². The fraction of sp³-hybridized carbons (Fsp3) is 0.0588. The van der Waals surface area contributed by atoms with E-state index < -0.39 is 11.7 Å². The van der Waals surface area contributed by atoms with Crippen molar-refractivity contribution in [2.45, 2.75) is 6.92 Å². The van der Waals surface area contributed by atoms with Gasteiger partial charge in [-0.05, 0) is 37.9 Å². The van der Waals surface area contributed by atoms with E-state index in [4.69, 9.17) is 5.73 Å². The fourth-order valence-corrected chi connectivity index (χ4v) is 1.86. The predicted octanol–water partition coefficient (Wildman–Crippen LogP) is 2.50. The SMILES string of the molecule is C=N/C(N)=C(\N=C(C)c1cccnc1)C(=O)Nc1cccc(F)c1. The van der Waals surface area contributed by atoms with Gasteiger partial charge in [-0.15, -0.1) is 0 Å². The Balaban J connectivity index is 2.33. The maximum absolute atomic E-state index is 13.2. The van der Waals surface area contributed by atoms with E-state index >= 15 is 0 Å². The standard InChI is InChI=1S/C17H16FN5O/c1-11(12-5-4-8-21-10-12)22-15(16(19)20-2)17(24)23-14-7-3-6-13(18)9-14/h3-10H,2,19H2,1H3,(H,23,24)/b16-15-,22-11?. The molecule has 0 atom stereocenters. The number of carbonyl (C=O) groups excluding carboxylic acids is 1. The highest BCUT2D eigenvalue weighted by molar-refractivity contribution is 6.08. The van der Waals surface area contributed by atoms with Gasteiger partial charge in [0.2, 0.25) is 0 Å². The van der Waals surface area contributed by atoms with Crippen molar-refractivity contribution in [2.75, 3.05) is 5.32 Å². The number of halogens is 1. The monoisotopic (exact) mass is 325 g/mol. The number of pyridine rings is 1. The molecule has 3 N–H and O–H groups in total. The molecule has 0 aliphatic heterocycles. The summed E-state index contributed by atoms with van der Waals surface area (Å²) in [5, 5.41) is 2.53. The molecule has 0 radical (unpaired) electrons. The van der Waals surface area contributed by atoms with Crippen molar-refractivity contribution in [1.29, 1.82) is 0 Å². The summed E-state index contributed by atoms with van der Waals surface area (Å²) < 4.78 is 13.2. The third-order valence-electron chi connectivity index (χ3n) is 3.07. The summed E-state index contributed by atoms with van der Waals surface area (Å²) in [6, 6.07) is 9.04. The molecule has 0 saturated carbocycles. The Morgan fingerprint density at radius 2 is 2.12 bits per heavy atom. The normalized spacial score (nSPS) is 12.3. The number of carbonyl (C=O) groups is 1. The molecule has 122 valence electrons. The topological polar surface area (TPSA) is 92.7 Å². The van der Waals surface area contributed by atoms with Gasteiger partial charge in [0.25, 0.3) is 5.91 Å². The molecular weight excluding hydrogens is 309 g/mol. The molecule has 1 aromatic heterocycles. The molecule has 24 heavy (non-hydrogen) atoms. The van der Waals surface area contributed by atoms with Crippen LogP contribution in [0.25, 0.3) is 0 Å². The lowest BCUT2D eigenvalue weighted by atomic mass is 10.2. The number of nitrogens with one attached hydrogen (secondary N) is 1. The number of benzene rings is 1. The lowest BCUT2D eigenvalue weighted by Crippen LogP contribution is -2.18. The van der Waals surface area contributed by atoms with E-state index in [1.54, 1.807) is 37.5 Å². The van der Waals surface area contributed by atoms with Gasteiger partial charge in [-0.25, -0.2) is 14.4 Å². The first-order valence-corrected chi connectivity index (χ1v) is 7.00. The van der Waals surface area contributed by atoms with Gasteiger partial charge in [0.1, 0.15) is 5.82 Å². The van der Waals surface area contributed by atoms with Gasteiger partial charge in [-0.1, -0.05) is 12.1 Å². The highest BCUT2D eigenvalue weighted by Crippen LogP contribution is 2.13. The van der Waals surface area contributed by atoms with Gasteiger partial charge < -0.3 is 11.1 Å². The van der Waals surface area contributed by atoms with Crippen molar-refractivity contribution in [2.24, 2.45) is 15.7 Å². The molecule has 6 nitrogen and oxygen atoms in total. The number of hydrogen-bond acceptors (Lipinski definition) is 5. The number of hydrogen-bond donors (Lipinski definition) is 2. The van der Waals surface area contributed by atoms with Crippen LogP contribution in [0.15, 0.2) is 70.3 Å². The summed E-state index contributed by atoms with van der Waals surface area (Å²) in [6.45, 7) is 5.02. The summed E-state index contributed by atoms with van der Waals surface area (Å²) in [7, 11) is 0. The van der Waals surface area contributed by atoms with Gasteiger partial charge in [-0.3, -0.25) is 9.78 Å². The number of aromatic nitrogens is 1. The maximum atomic E-state index is 13.2. The Hall–Kier alpha value is -3.35. The van der Waals surface area contributed by atoms with Crippen molar-refractivity contribution < 1.29 is 9.18 Å².